The molecule has 0 heterocycles. The zero-order valence-corrected chi connectivity index (χ0v) is 13.6. The molecular formula is C18H16F2N2O3. The average Bonchev–Trinajstić information content (AvgIpc) is 2.60. The van der Waals surface area contributed by atoms with Crippen LogP contribution >= 0.6 is 0 Å². The summed E-state index contributed by atoms with van der Waals surface area (Å²) in [7, 11) is 1.53. The number of likely N-dealkylation sites (N-methyl/N-ethyl adjacent to an activating group) is 1. The number of carbonyl (C=O) groups is 1. The van der Waals surface area contributed by atoms with Gasteiger partial charge in [0.15, 0.2) is 11.6 Å². The van der Waals surface area contributed by atoms with E-state index in [0.717, 1.165) is 12.1 Å². The number of amides is 1. The third kappa shape index (κ3) is 4.47. The van der Waals surface area contributed by atoms with Gasteiger partial charge in [-0.05, 0) is 36.3 Å². The number of rotatable bonds is 5. The summed E-state index contributed by atoms with van der Waals surface area (Å²) >= 11 is 0. The van der Waals surface area contributed by atoms with Crippen molar-refractivity contribution in [3.8, 4) is 0 Å². The Morgan fingerprint density at radius 1 is 1.20 bits per heavy atom. The van der Waals surface area contributed by atoms with Crippen LogP contribution in [0.2, 0.25) is 0 Å². The summed E-state index contributed by atoms with van der Waals surface area (Å²) in [6, 6.07) is 8.87. The molecule has 0 aliphatic carbocycles. The topological polar surface area (TPSA) is 63.5 Å². The van der Waals surface area contributed by atoms with E-state index in [9.17, 15) is 23.7 Å². The molecule has 0 aromatic heterocycles. The maximum absolute atomic E-state index is 13.3. The zero-order chi connectivity index (χ0) is 18.6. The minimum absolute atomic E-state index is 0.0712. The molecule has 1 amide bonds. The van der Waals surface area contributed by atoms with Crippen molar-refractivity contribution in [1.29, 1.82) is 0 Å². The highest BCUT2D eigenvalue weighted by Crippen LogP contribution is 2.21. The lowest BCUT2D eigenvalue weighted by Gasteiger charge is -2.24. The van der Waals surface area contributed by atoms with Crippen LogP contribution in [0.4, 0.5) is 14.5 Å². The Morgan fingerprint density at radius 3 is 2.56 bits per heavy atom. The predicted molar refractivity (Wildman–Crippen MR) is 89.7 cm³/mol. The minimum atomic E-state index is -0.975. The van der Waals surface area contributed by atoms with E-state index in [0.29, 0.717) is 11.1 Å². The van der Waals surface area contributed by atoms with Crippen LogP contribution in [0, 0.1) is 21.7 Å². The Hall–Kier alpha value is -3.09. The second-order valence-electron chi connectivity index (χ2n) is 5.48. The summed E-state index contributed by atoms with van der Waals surface area (Å²) in [4.78, 5) is 23.8. The summed E-state index contributed by atoms with van der Waals surface area (Å²) in [5.74, 6) is -2.29. The van der Waals surface area contributed by atoms with Crippen molar-refractivity contribution in [2.75, 3.05) is 7.05 Å². The van der Waals surface area contributed by atoms with Crippen molar-refractivity contribution in [2.45, 2.75) is 13.0 Å². The third-order valence-corrected chi connectivity index (χ3v) is 3.85. The summed E-state index contributed by atoms with van der Waals surface area (Å²) in [6.07, 6.45) is 2.74. The standard InChI is InChI=1S/C18H16F2N2O3/c1-12(14-7-8-16(19)17(20)11-14)21(2)18(23)9-6-13-4-3-5-15(10-13)22(24)25/h3-12H,1-2H3/b9-6+. The molecule has 0 bridgehead atoms. The van der Waals surface area contributed by atoms with Crippen LogP contribution in [0.1, 0.15) is 24.1 Å². The van der Waals surface area contributed by atoms with E-state index in [1.807, 2.05) is 0 Å². The van der Waals surface area contributed by atoms with Gasteiger partial charge in [0.25, 0.3) is 5.69 Å². The van der Waals surface area contributed by atoms with Crippen molar-refractivity contribution in [2.24, 2.45) is 0 Å². The lowest BCUT2D eigenvalue weighted by atomic mass is 10.1. The Labute approximate surface area is 143 Å². The van der Waals surface area contributed by atoms with E-state index in [1.165, 1.54) is 48.4 Å². The first-order valence-corrected chi connectivity index (χ1v) is 7.44. The maximum atomic E-state index is 13.3. The lowest BCUT2D eigenvalue weighted by molar-refractivity contribution is -0.384. The molecule has 0 radical (unpaired) electrons. The zero-order valence-electron chi connectivity index (χ0n) is 13.6. The van der Waals surface area contributed by atoms with E-state index < -0.39 is 22.6 Å². The molecule has 0 aliphatic rings. The van der Waals surface area contributed by atoms with Crippen LogP contribution in [-0.4, -0.2) is 22.8 Å². The smallest absolute Gasteiger partial charge is 0.270 e. The number of benzene rings is 2. The Morgan fingerprint density at radius 2 is 1.92 bits per heavy atom. The minimum Gasteiger partial charge on any atom is -0.335 e. The predicted octanol–water partition coefficient (Wildman–Crippen LogP) is 4.11. The molecule has 0 fully saturated rings. The molecule has 0 saturated carbocycles. The molecule has 130 valence electrons. The van der Waals surface area contributed by atoms with Crippen molar-refractivity contribution in [3.63, 3.8) is 0 Å². The Kier molecular flexibility index (Phi) is 5.59. The van der Waals surface area contributed by atoms with Crippen molar-refractivity contribution < 1.29 is 18.5 Å². The number of non-ortho nitro benzene ring substituents is 1. The average molecular weight is 346 g/mol. The van der Waals surface area contributed by atoms with Crippen LogP contribution in [0.15, 0.2) is 48.5 Å². The number of hydrogen-bond donors (Lipinski definition) is 0. The molecule has 2 rings (SSSR count). The fourth-order valence-electron chi connectivity index (χ4n) is 2.21. The SMILES string of the molecule is CC(c1ccc(F)c(F)c1)N(C)C(=O)/C=C/c1cccc([N+](=O)[O-])c1. The fraction of sp³-hybridized carbons (Fsp3) is 0.167. The summed E-state index contributed by atoms with van der Waals surface area (Å²) in [5, 5.41) is 10.7. The largest absolute Gasteiger partial charge is 0.335 e. The van der Waals surface area contributed by atoms with E-state index >= 15 is 0 Å². The van der Waals surface area contributed by atoms with E-state index in [4.69, 9.17) is 0 Å². The number of nitro benzene ring substituents is 1. The number of hydrogen-bond acceptors (Lipinski definition) is 3. The van der Waals surface area contributed by atoms with Crippen molar-refractivity contribution in [1.82, 2.24) is 4.90 Å². The maximum Gasteiger partial charge on any atom is 0.270 e. The van der Waals surface area contributed by atoms with Gasteiger partial charge in [-0.2, -0.15) is 0 Å². The highest BCUT2D eigenvalue weighted by Gasteiger charge is 2.17. The second-order valence-corrected chi connectivity index (χ2v) is 5.48. The molecular weight excluding hydrogens is 330 g/mol. The molecule has 2 aromatic carbocycles. The van der Waals surface area contributed by atoms with E-state index in [2.05, 4.69) is 0 Å². The highest BCUT2D eigenvalue weighted by molar-refractivity contribution is 5.92. The first kappa shape index (κ1) is 18.3. The van der Waals surface area contributed by atoms with E-state index in [-0.39, 0.29) is 11.6 Å². The van der Waals surface area contributed by atoms with Crippen LogP contribution in [0.5, 0.6) is 0 Å². The van der Waals surface area contributed by atoms with Gasteiger partial charge in [0.2, 0.25) is 5.91 Å². The molecule has 0 spiro atoms. The summed E-state index contributed by atoms with van der Waals surface area (Å²) < 4.78 is 26.3. The van der Waals surface area contributed by atoms with Gasteiger partial charge in [-0.15, -0.1) is 0 Å². The molecule has 2 aromatic rings. The third-order valence-electron chi connectivity index (χ3n) is 3.85. The second kappa shape index (κ2) is 7.65. The van der Waals surface area contributed by atoms with Crippen LogP contribution in [0.3, 0.4) is 0 Å². The monoisotopic (exact) mass is 346 g/mol. The molecule has 1 atom stereocenters. The fourth-order valence-corrected chi connectivity index (χ4v) is 2.21. The number of nitrogens with zero attached hydrogens (tertiary/aromatic N) is 2. The highest BCUT2D eigenvalue weighted by atomic mass is 19.2. The van der Waals surface area contributed by atoms with Crippen LogP contribution in [0.25, 0.3) is 6.08 Å². The van der Waals surface area contributed by atoms with Crippen LogP contribution in [-0.2, 0) is 4.79 Å². The van der Waals surface area contributed by atoms with Gasteiger partial charge in [-0.1, -0.05) is 18.2 Å². The molecule has 0 saturated heterocycles. The van der Waals surface area contributed by atoms with Gasteiger partial charge in [-0.25, -0.2) is 8.78 Å². The number of halogens is 2. The van der Waals surface area contributed by atoms with E-state index in [1.54, 1.807) is 13.0 Å². The van der Waals surface area contributed by atoms with Gasteiger partial charge in [0.1, 0.15) is 0 Å². The molecule has 1 unspecified atom stereocenters. The van der Waals surface area contributed by atoms with Gasteiger partial charge in [-0.3, -0.25) is 14.9 Å². The van der Waals surface area contributed by atoms with Gasteiger partial charge in [0, 0.05) is 25.3 Å². The normalized spacial score (nSPS) is 12.2. The first-order valence-electron chi connectivity index (χ1n) is 7.44. The summed E-state index contributed by atoms with van der Waals surface area (Å²) in [5.41, 5.74) is 0.896. The number of carbonyl (C=O) groups excluding carboxylic acids is 1. The van der Waals surface area contributed by atoms with Crippen molar-refractivity contribution in [3.05, 3.63) is 81.4 Å². The van der Waals surface area contributed by atoms with Crippen LogP contribution < -0.4 is 0 Å². The molecule has 0 N–H and O–H groups in total. The quantitative estimate of drug-likeness (QED) is 0.465. The molecule has 0 aliphatic heterocycles. The first-order chi connectivity index (χ1) is 11.8. The Bertz CT molecular complexity index is 837. The molecule has 7 heteroatoms. The summed E-state index contributed by atoms with van der Waals surface area (Å²) in [6.45, 7) is 1.69. The van der Waals surface area contributed by atoms with Gasteiger partial charge < -0.3 is 4.90 Å². The number of nitro groups is 1. The molecule has 25 heavy (non-hydrogen) atoms. The van der Waals surface area contributed by atoms with Gasteiger partial charge >= 0.3 is 0 Å². The molecule has 5 nitrogen and oxygen atoms in total. The lowest BCUT2D eigenvalue weighted by Crippen LogP contribution is -2.28. The Balaban J connectivity index is 2.12. The van der Waals surface area contributed by atoms with Crippen molar-refractivity contribution >= 4 is 17.7 Å². The van der Waals surface area contributed by atoms with Gasteiger partial charge in [0.05, 0.1) is 11.0 Å².